The monoisotopic (exact) mass is 255 g/mol. The Morgan fingerprint density at radius 3 is 2.28 bits per heavy atom. The van der Waals surface area contributed by atoms with E-state index in [2.05, 4.69) is 5.32 Å². The van der Waals surface area contributed by atoms with E-state index in [1.807, 2.05) is 34.6 Å². The average Bonchev–Trinajstić information content (AvgIpc) is 2.96. The number of nitrogens with one attached hydrogen (secondary N) is 1. The number of ketones is 1. The Bertz CT molecular complexity index is 315. The lowest BCUT2D eigenvalue weighted by Crippen LogP contribution is -2.42. The summed E-state index contributed by atoms with van der Waals surface area (Å²) >= 11 is 0. The molecule has 1 rings (SSSR count). The fourth-order valence-electron chi connectivity index (χ4n) is 1.69. The van der Waals surface area contributed by atoms with Crippen molar-refractivity contribution < 1.29 is 14.3 Å². The molecule has 0 saturated heterocycles. The van der Waals surface area contributed by atoms with Crippen LogP contribution in [0.2, 0.25) is 0 Å². The Kier molecular flexibility index (Phi) is 4.77. The van der Waals surface area contributed by atoms with Gasteiger partial charge in [-0.05, 0) is 46.5 Å². The van der Waals surface area contributed by atoms with E-state index in [0.29, 0.717) is 12.3 Å². The summed E-state index contributed by atoms with van der Waals surface area (Å²) in [5.74, 6) is 0.674. The molecule has 0 spiro atoms. The summed E-state index contributed by atoms with van der Waals surface area (Å²) in [6.45, 7) is 9.17. The van der Waals surface area contributed by atoms with Gasteiger partial charge in [0.1, 0.15) is 11.4 Å². The fourth-order valence-corrected chi connectivity index (χ4v) is 1.69. The molecule has 0 aliphatic heterocycles. The van der Waals surface area contributed by atoms with E-state index in [4.69, 9.17) is 4.74 Å². The second-order valence-electron chi connectivity index (χ2n) is 6.34. The number of hydrogen-bond donors (Lipinski definition) is 1. The molecule has 2 unspecified atom stereocenters. The molecule has 0 bridgehead atoms. The van der Waals surface area contributed by atoms with Crippen LogP contribution in [-0.4, -0.2) is 23.5 Å². The highest BCUT2D eigenvalue weighted by molar-refractivity contribution is 5.82. The molecule has 0 aromatic rings. The minimum Gasteiger partial charge on any atom is -0.444 e. The predicted octanol–water partition coefficient (Wildman–Crippen LogP) is 2.90. The number of amides is 1. The van der Waals surface area contributed by atoms with E-state index in [1.54, 1.807) is 0 Å². The van der Waals surface area contributed by atoms with Crippen molar-refractivity contribution in [2.45, 2.75) is 65.5 Å². The highest BCUT2D eigenvalue weighted by Crippen LogP contribution is 2.33. The molecule has 1 amide bonds. The van der Waals surface area contributed by atoms with Crippen LogP contribution in [0, 0.1) is 11.8 Å². The van der Waals surface area contributed by atoms with Crippen molar-refractivity contribution in [2.24, 2.45) is 11.8 Å². The summed E-state index contributed by atoms with van der Waals surface area (Å²) in [6, 6.07) is -0.189. The van der Waals surface area contributed by atoms with Crippen LogP contribution in [0.1, 0.15) is 53.9 Å². The third-order valence-corrected chi connectivity index (χ3v) is 3.19. The van der Waals surface area contributed by atoms with Crippen molar-refractivity contribution in [3.8, 4) is 0 Å². The third-order valence-electron chi connectivity index (χ3n) is 3.19. The number of carbonyl (C=O) groups is 2. The molecular weight excluding hydrogens is 230 g/mol. The molecule has 1 aliphatic rings. The van der Waals surface area contributed by atoms with Crippen molar-refractivity contribution >= 4 is 11.9 Å². The van der Waals surface area contributed by atoms with Crippen molar-refractivity contribution in [2.75, 3.05) is 0 Å². The SMILES string of the molecule is CC(NC(=O)OC(C)(C)C)C(C)C(=O)CC1CC1. The van der Waals surface area contributed by atoms with Gasteiger partial charge in [-0.1, -0.05) is 6.92 Å². The molecule has 1 saturated carbocycles. The maximum Gasteiger partial charge on any atom is 0.407 e. The Hall–Kier alpha value is -1.06. The van der Waals surface area contributed by atoms with E-state index in [-0.39, 0.29) is 17.7 Å². The van der Waals surface area contributed by atoms with Crippen LogP contribution in [0.15, 0.2) is 0 Å². The van der Waals surface area contributed by atoms with Crippen LogP contribution in [0.5, 0.6) is 0 Å². The van der Waals surface area contributed by atoms with Gasteiger partial charge in [0.25, 0.3) is 0 Å². The lowest BCUT2D eigenvalue weighted by atomic mass is 9.95. The first-order valence-electron chi connectivity index (χ1n) is 6.71. The topological polar surface area (TPSA) is 55.4 Å². The van der Waals surface area contributed by atoms with E-state index in [1.165, 1.54) is 12.8 Å². The fraction of sp³-hybridized carbons (Fsp3) is 0.857. The zero-order valence-electron chi connectivity index (χ0n) is 12.1. The van der Waals surface area contributed by atoms with Gasteiger partial charge in [0.05, 0.1) is 0 Å². The highest BCUT2D eigenvalue weighted by atomic mass is 16.6. The van der Waals surface area contributed by atoms with Gasteiger partial charge >= 0.3 is 6.09 Å². The maximum absolute atomic E-state index is 11.9. The first-order chi connectivity index (χ1) is 8.19. The Morgan fingerprint density at radius 2 is 1.83 bits per heavy atom. The number of alkyl carbamates (subject to hydrolysis) is 1. The second-order valence-corrected chi connectivity index (χ2v) is 6.34. The van der Waals surface area contributed by atoms with Crippen LogP contribution in [0.4, 0.5) is 4.79 Å². The summed E-state index contributed by atoms with van der Waals surface area (Å²) in [5, 5.41) is 2.73. The summed E-state index contributed by atoms with van der Waals surface area (Å²) in [4.78, 5) is 23.5. The standard InChI is InChI=1S/C14H25NO3/c1-9(12(16)8-11-6-7-11)10(2)15-13(17)18-14(3,4)5/h9-11H,6-8H2,1-5H3,(H,15,17). The van der Waals surface area contributed by atoms with Gasteiger partial charge in [0.15, 0.2) is 0 Å². The molecule has 104 valence electrons. The molecule has 0 aromatic carbocycles. The largest absolute Gasteiger partial charge is 0.444 e. The van der Waals surface area contributed by atoms with Crippen molar-refractivity contribution in [3.63, 3.8) is 0 Å². The van der Waals surface area contributed by atoms with Gasteiger partial charge in [0.2, 0.25) is 0 Å². The van der Waals surface area contributed by atoms with Crippen molar-refractivity contribution in [1.29, 1.82) is 0 Å². The number of carbonyl (C=O) groups excluding carboxylic acids is 2. The van der Waals surface area contributed by atoms with Crippen LogP contribution >= 0.6 is 0 Å². The van der Waals surface area contributed by atoms with Gasteiger partial charge in [-0.25, -0.2) is 4.79 Å². The van der Waals surface area contributed by atoms with E-state index in [9.17, 15) is 9.59 Å². The van der Waals surface area contributed by atoms with Crippen LogP contribution < -0.4 is 5.32 Å². The Balaban J connectivity index is 2.35. The number of ether oxygens (including phenoxy) is 1. The molecule has 2 atom stereocenters. The first-order valence-corrected chi connectivity index (χ1v) is 6.71. The molecule has 0 aromatic heterocycles. The highest BCUT2D eigenvalue weighted by Gasteiger charge is 2.29. The number of hydrogen-bond acceptors (Lipinski definition) is 3. The van der Waals surface area contributed by atoms with Gasteiger partial charge < -0.3 is 10.1 Å². The number of Topliss-reactive ketones (excluding diaryl/α,β-unsaturated/α-hetero) is 1. The molecule has 4 nitrogen and oxygen atoms in total. The molecule has 1 fully saturated rings. The third kappa shape index (κ3) is 5.52. The average molecular weight is 255 g/mol. The quantitative estimate of drug-likeness (QED) is 0.821. The summed E-state index contributed by atoms with van der Waals surface area (Å²) in [7, 11) is 0. The summed E-state index contributed by atoms with van der Waals surface area (Å²) in [5.41, 5.74) is -0.509. The van der Waals surface area contributed by atoms with Gasteiger partial charge in [-0.15, -0.1) is 0 Å². The minimum absolute atomic E-state index is 0.155. The Labute approximate surface area is 109 Å². The minimum atomic E-state index is -0.509. The van der Waals surface area contributed by atoms with Crippen LogP contribution in [0.3, 0.4) is 0 Å². The zero-order valence-corrected chi connectivity index (χ0v) is 12.1. The van der Waals surface area contributed by atoms with Gasteiger partial charge in [-0.2, -0.15) is 0 Å². The van der Waals surface area contributed by atoms with Gasteiger partial charge in [0, 0.05) is 18.4 Å². The summed E-state index contributed by atoms with van der Waals surface area (Å²) < 4.78 is 5.17. The molecule has 1 aliphatic carbocycles. The van der Waals surface area contributed by atoms with Crippen LogP contribution in [0.25, 0.3) is 0 Å². The molecule has 1 N–H and O–H groups in total. The molecule has 0 heterocycles. The lowest BCUT2D eigenvalue weighted by molar-refractivity contribution is -0.123. The Morgan fingerprint density at radius 1 is 1.28 bits per heavy atom. The predicted molar refractivity (Wildman–Crippen MR) is 70.3 cm³/mol. The zero-order chi connectivity index (χ0) is 13.9. The molecule has 18 heavy (non-hydrogen) atoms. The normalized spacial score (nSPS) is 18.9. The summed E-state index contributed by atoms with van der Waals surface area (Å²) in [6.07, 6.45) is 2.54. The molecule has 4 heteroatoms. The molecule has 0 radical (unpaired) electrons. The van der Waals surface area contributed by atoms with E-state index >= 15 is 0 Å². The van der Waals surface area contributed by atoms with E-state index in [0.717, 1.165) is 0 Å². The number of rotatable bonds is 5. The smallest absolute Gasteiger partial charge is 0.407 e. The first kappa shape index (κ1) is 15.0. The van der Waals surface area contributed by atoms with Crippen molar-refractivity contribution in [1.82, 2.24) is 5.32 Å². The molecular formula is C14H25NO3. The van der Waals surface area contributed by atoms with E-state index < -0.39 is 11.7 Å². The van der Waals surface area contributed by atoms with Gasteiger partial charge in [-0.3, -0.25) is 4.79 Å². The maximum atomic E-state index is 11.9. The van der Waals surface area contributed by atoms with Crippen molar-refractivity contribution in [3.05, 3.63) is 0 Å². The second kappa shape index (κ2) is 5.72. The lowest BCUT2D eigenvalue weighted by Gasteiger charge is -2.24. The van der Waals surface area contributed by atoms with Crippen LogP contribution in [-0.2, 0) is 9.53 Å².